The van der Waals surface area contributed by atoms with Gasteiger partial charge in [-0.15, -0.1) is 0 Å². The van der Waals surface area contributed by atoms with Gasteiger partial charge in [0.2, 0.25) is 0 Å². The molecule has 0 amide bonds. The van der Waals surface area contributed by atoms with Gasteiger partial charge in [0.25, 0.3) is 5.17 Å². The summed E-state index contributed by atoms with van der Waals surface area (Å²) in [6.45, 7) is 0.668. The largest absolute Gasteiger partial charge is 0.432 e. The van der Waals surface area contributed by atoms with Crippen LogP contribution in [0.1, 0.15) is 22.9 Å². The number of H-pyrrole nitrogens is 1. The van der Waals surface area contributed by atoms with E-state index in [1.54, 1.807) is 12.1 Å². The van der Waals surface area contributed by atoms with Gasteiger partial charge >= 0.3 is 0 Å². The lowest BCUT2D eigenvalue weighted by molar-refractivity contribution is 0.289. The number of aromatic amines is 1. The first-order valence-corrected chi connectivity index (χ1v) is 10.7. The van der Waals surface area contributed by atoms with Crippen molar-refractivity contribution in [1.29, 1.82) is 0 Å². The van der Waals surface area contributed by atoms with Crippen LogP contribution in [0.4, 0.5) is 4.39 Å². The van der Waals surface area contributed by atoms with E-state index in [0.717, 1.165) is 28.6 Å². The number of rotatable bonds is 2. The van der Waals surface area contributed by atoms with Crippen LogP contribution in [0.5, 0.6) is 5.75 Å². The third kappa shape index (κ3) is 3.82. The molecule has 0 fully saturated rings. The molecule has 31 heavy (non-hydrogen) atoms. The average molecular weight is 447 g/mol. The lowest BCUT2D eigenvalue weighted by Crippen LogP contribution is -2.42. The molecule has 4 aromatic rings. The van der Waals surface area contributed by atoms with E-state index in [-0.39, 0.29) is 11.9 Å². The third-order valence-corrected chi connectivity index (χ3v) is 6.15. The highest BCUT2D eigenvalue weighted by Crippen LogP contribution is 2.39. The standard InChI is InChI=1S/C24H17BClFN2OS/c25-15-3-1-14(2-4-15)23-22-19(20-13-16(26)5-10-21(20)28-22)11-12-29(23)24(31)30-18-8-6-17(27)7-9-18/h1-10,13,23,28H,11-12H2. The number of nitrogens with zero attached hydrogens (tertiary/aromatic N) is 1. The Labute approximate surface area is 191 Å². The van der Waals surface area contributed by atoms with E-state index in [0.29, 0.717) is 28.0 Å². The Hall–Kier alpha value is -2.83. The molecular weight excluding hydrogens is 430 g/mol. The molecule has 152 valence electrons. The van der Waals surface area contributed by atoms with E-state index in [1.165, 1.54) is 17.7 Å². The molecule has 1 aliphatic rings. The lowest BCUT2D eigenvalue weighted by Gasteiger charge is -2.37. The first kappa shape index (κ1) is 20.1. The fourth-order valence-corrected chi connectivity index (χ4v) is 4.61. The molecule has 1 N–H and O–H groups in total. The first-order valence-electron chi connectivity index (χ1n) is 9.89. The fraction of sp³-hybridized carbons (Fsp3) is 0.125. The van der Waals surface area contributed by atoms with Crippen molar-refractivity contribution in [2.45, 2.75) is 12.5 Å². The van der Waals surface area contributed by atoms with Crippen LogP contribution in [-0.2, 0) is 6.42 Å². The maximum absolute atomic E-state index is 13.3. The first-order chi connectivity index (χ1) is 15.0. The zero-order valence-corrected chi connectivity index (χ0v) is 18.0. The third-order valence-electron chi connectivity index (χ3n) is 5.59. The van der Waals surface area contributed by atoms with E-state index >= 15 is 0 Å². The Kier molecular flexibility index (Phi) is 5.20. The number of ether oxygens (including phenoxy) is 1. The minimum Gasteiger partial charge on any atom is -0.432 e. The van der Waals surface area contributed by atoms with E-state index in [9.17, 15) is 4.39 Å². The minimum atomic E-state index is -0.322. The molecule has 0 saturated carbocycles. The van der Waals surface area contributed by atoms with Gasteiger partial charge in [0.1, 0.15) is 19.4 Å². The number of fused-ring (bicyclic) bond motifs is 3. The Morgan fingerprint density at radius 3 is 2.58 bits per heavy atom. The van der Waals surface area contributed by atoms with Gasteiger partial charge in [-0.05, 0) is 72.2 Å². The summed E-state index contributed by atoms with van der Waals surface area (Å²) in [6.07, 6.45) is 0.786. The van der Waals surface area contributed by atoms with Gasteiger partial charge in [-0.2, -0.15) is 0 Å². The maximum atomic E-state index is 13.3. The fourth-order valence-electron chi connectivity index (χ4n) is 4.14. The topological polar surface area (TPSA) is 28.3 Å². The summed E-state index contributed by atoms with van der Waals surface area (Å²) in [5, 5.41) is 2.15. The van der Waals surface area contributed by atoms with Crippen LogP contribution < -0.4 is 10.2 Å². The smallest absolute Gasteiger partial charge is 0.265 e. The summed E-state index contributed by atoms with van der Waals surface area (Å²) in [6, 6.07) is 19.3. The van der Waals surface area contributed by atoms with Crippen molar-refractivity contribution in [2.75, 3.05) is 6.54 Å². The summed E-state index contributed by atoms with van der Waals surface area (Å²) in [5.74, 6) is 0.175. The van der Waals surface area contributed by atoms with Crippen molar-refractivity contribution in [3.05, 3.63) is 94.4 Å². The summed E-state index contributed by atoms with van der Waals surface area (Å²) < 4.78 is 19.2. The monoisotopic (exact) mass is 446 g/mol. The highest BCUT2D eigenvalue weighted by Gasteiger charge is 2.34. The molecule has 7 heteroatoms. The van der Waals surface area contributed by atoms with Crippen LogP contribution in [-0.4, -0.2) is 29.4 Å². The van der Waals surface area contributed by atoms with E-state index in [4.69, 9.17) is 36.4 Å². The highest BCUT2D eigenvalue weighted by molar-refractivity contribution is 7.80. The summed E-state index contributed by atoms with van der Waals surface area (Å²) in [7, 11) is 5.92. The molecule has 1 atom stereocenters. The Morgan fingerprint density at radius 2 is 1.84 bits per heavy atom. The second-order valence-electron chi connectivity index (χ2n) is 7.54. The molecule has 0 bridgehead atoms. The summed E-state index contributed by atoms with van der Waals surface area (Å²) in [4.78, 5) is 5.61. The van der Waals surface area contributed by atoms with E-state index in [2.05, 4.69) is 4.98 Å². The quantitative estimate of drug-likeness (QED) is 0.344. The average Bonchev–Trinajstić information content (AvgIpc) is 3.13. The highest BCUT2D eigenvalue weighted by atomic mass is 35.5. The van der Waals surface area contributed by atoms with Crippen molar-refractivity contribution in [2.24, 2.45) is 0 Å². The van der Waals surface area contributed by atoms with Crippen LogP contribution in [0.25, 0.3) is 10.9 Å². The van der Waals surface area contributed by atoms with Gasteiger partial charge < -0.3 is 14.6 Å². The van der Waals surface area contributed by atoms with Crippen LogP contribution in [0.15, 0.2) is 66.7 Å². The zero-order chi connectivity index (χ0) is 21.5. The summed E-state index contributed by atoms with van der Waals surface area (Å²) >= 11 is 11.9. The van der Waals surface area contributed by atoms with Crippen molar-refractivity contribution in [3.8, 4) is 5.75 Å². The lowest BCUT2D eigenvalue weighted by atomic mass is 9.89. The molecule has 2 heterocycles. The zero-order valence-electron chi connectivity index (χ0n) is 16.4. The van der Waals surface area contributed by atoms with Crippen molar-refractivity contribution < 1.29 is 9.13 Å². The predicted octanol–water partition coefficient (Wildman–Crippen LogP) is 5.07. The molecular formula is C24H17BClFN2OS. The second kappa shape index (κ2) is 8.02. The normalized spacial score (nSPS) is 15.7. The molecule has 0 aliphatic carbocycles. The second-order valence-corrected chi connectivity index (χ2v) is 8.33. The van der Waals surface area contributed by atoms with Crippen molar-refractivity contribution in [3.63, 3.8) is 0 Å². The van der Waals surface area contributed by atoms with Gasteiger partial charge in [-0.25, -0.2) is 4.39 Å². The van der Waals surface area contributed by atoms with Gasteiger partial charge in [-0.3, -0.25) is 0 Å². The molecule has 1 aliphatic heterocycles. The Bertz CT molecular complexity index is 1270. The van der Waals surface area contributed by atoms with Gasteiger partial charge in [0.15, 0.2) is 0 Å². The van der Waals surface area contributed by atoms with Gasteiger partial charge in [-0.1, -0.05) is 41.3 Å². The summed E-state index contributed by atoms with van der Waals surface area (Å²) in [5.41, 5.74) is 5.04. The SMILES string of the molecule is [B]c1ccc(C2c3[nH]c4ccc(Cl)cc4c3CCN2C(=S)Oc2ccc(F)cc2)cc1. The van der Waals surface area contributed by atoms with E-state index < -0.39 is 0 Å². The van der Waals surface area contributed by atoms with Gasteiger partial charge in [0.05, 0.1) is 6.04 Å². The number of thiocarbonyl (C=S) groups is 1. The molecule has 2 radical (unpaired) electrons. The molecule has 1 aromatic heterocycles. The van der Waals surface area contributed by atoms with E-state index in [1.807, 2.05) is 47.4 Å². The molecule has 3 aromatic carbocycles. The van der Waals surface area contributed by atoms with Crippen LogP contribution in [0.2, 0.25) is 5.02 Å². The van der Waals surface area contributed by atoms with Crippen LogP contribution in [0, 0.1) is 5.82 Å². The number of hydrogen-bond acceptors (Lipinski definition) is 2. The van der Waals surface area contributed by atoms with Crippen LogP contribution >= 0.6 is 23.8 Å². The number of hydrogen-bond donors (Lipinski definition) is 1. The van der Waals surface area contributed by atoms with Crippen molar-refractivity contribution >= 4 is 53.2 Å². The number of halogens is 2. The number of benzene rings is 3. The molecule has 0 saturated heterocycles. The number of aromatic nitrogens is 1. The Morgan fingerprint density at radius 1 is 1.10 bits per heavy atom. The van der Waals surface area contributed by atoms with Crippen LogP contribution in [0.3, 0.4) is 0 Å². The minimum absolute atomic E-state index is 0.177. The van der Waals surface area contributed by atoms with Gasteiger partial charge in [0, 0.05) is 28.2 Å². The van der Waals surface area contributed by atoms with Crippen molar-refractivity contribution in [1.82, 2.24) is 9.88 Å². The Balaban J connectivity index is 1.58. The molecule has 0 spiro atoms. The molecule has 5 rings (SSSR count). The molecule has 3 nitrogen and oxygen atoms in total. The molecule has 1 unspecified atom stereocenters. The number of nitrogens with one attached hydrogen (secondary N) is 1. The predicted molar refractivity (Wildman–Crippen MR) is 127 cm³/mol. The maximum Gasteiger partial charge on any atom is 0.265 e.